The second-order valence-electron chi connectivity index (χ2n) is 6.16. The van der Waals surface area contributed by atoms with Crippen LogP contribution < -0.4 is 0 Å². The molecular formula is C17H32F3NO2S. The van der Waals surface area contributed by atoms with Crippen molar-refractivity contribution in [2.24, 2.45) is 0 Å². The van der Waals surface area contributed by atoms with E-state index in [1.807, 2.05) is 6.92 Å². The van der Waals surface area contributed by atoms with Crippen molar-refractivity contribution in [3.8, 4) is 0 Å². The van der Waals surface area contributed by atoms with E-state index < -0.39 is 15.5 Å². The maximum absolute atomic E-state index is 13.1. The Labute approximate surface area is 145 Å². The molecule has 0 spiro atoms. The largest absolute Gasteiger partial charge is 0.516 e. The van der Waals surface area contributed by atoms with Gasteiger partial charge in [-0.05, 0) is 39.0 Å². The van der Waals surface area contributed by atoms with Crippen molar-refractivity contribution in [1.29, 1.82) is 0 Å². The van der Waals surface area contributed by atoms with E-state index in [0.29, 0.717) is 35.7 Å². The van der Waals surface area contributed by atoms with Gasteiger partial charge >= 0.3 is 15.5 Å². The first kappa shape index (κ1) is 23.3. The minimum absolute atomic E-state index is 0.131. The van der Waals surface area contributed by atoms with E-state index in [2.05, 4.69) is 6.92 Å². The van der Waals surface area contributed by atoms with Gasteiger partial charge in [0.05, 0.1) is 0 Å². The summed E-state index contributed by atoms with van der Waals surface area (Å²) >= 11 is 0. The monoisotopic (exact) mass is 371 g/mol. The number of sulfonamides is 1. The highest BCUT2D eigenvalue weighted by molar-refractivity contribution is 7.90. The molecule has 0 aromatic rings. The molecular weight excluding hydrogens is 339 g/mol. The summed E-state index contributed by atoms with van der Waals surface area (Å²) in [6.45, 7) is 7.38. The van der Waals surface area contributed by atoms with Crippen LogP contribution in [0, 0.1) is 0 Å². The average molecular weight is 372 g/mol. The van der Waals surface area contributed by atoms with E-state index >= 15 is 0 Å². The van der Waals surface area contributed by atoms with Gasteiger partial charge in [-0.25, -0.2) is 0 Å². The predicted molar refractivity (Wildman–Crippen MR) is 93.0 cm³/mol. The lowest BCUT2D eigenvalue weighted by molar-refractivity contribution is -0.0481. The Morgan fingerprint density at radius 2 is 1.46 bits per heavy atom. The number of unbranched alkanes of at least 4 members (excludes halogenated alkanes) is 4. The topological polar surface area (TPSA) is 37.4 Å². The van der Waals surface area contributed by atoms with Crippen molar-refractivity contribution in [2.75, 3.05) is 6.54 Å². The van der Waals surface area contributed by atoms with E-state index in [4.69, 9.17) is 0 Å². The molecule has 0 heterocycles. The van der Waals surface area contributed by atoms with Crippen LogP contribution in [0.4, 0.5) is 13.2 Å². The summed E-state index contributed by atoms with van der Waals surface area (Å²) in [5.41, 5.74) is -4.16. The number of allylic oxidation sites excluding steroid dienone is 2. The Morgan fingerprint density at radius 1 is 0.875 bits per heavy atom. The SMILES string of the molecule is CCCCCC/C(=C(/C)CCCC)N(CCC)S(=O)(=O)C(F)(F)F. The third-order valence-electron chi connectivity index (χ3n) is 3.98. The van der Waals surface area contributed by atoms with Crippen molar-refractivity contribution >= 4 is 10.0 Å². The van der Waals surface area contributed by atoms with Gasteiger partial charge in [0.15, 0.2) is 0 Å². The van der Waals surface area contributed by atoms with E-state index in [0.717, 1.165) is 37.7 Å². The molecule has 0 saturated carbocycles. The van der Waals surface area contributed by atoms with Crippen LogP contribution in [-0.4, -0.2) is 24.8 Å². The third-order valence-corrected chi connectivity index (χ3v) is 5.54. The summed E-state index contributed by atoms with van der Waals surface area (Å²) < 4.78 is 63.9. The Balaban J connectivity index is 5.66. The summed E-state index contributed by atoms with van der Waals surface area (Å²) in [5, 5.41) is 0. The van der Waals surface area contributed by atoms with Crippen LogP contribution in [0.1, 0.15) is 85.5 Å². The van der Waals surface area contributed by atoms with Crippen LogP contribution in [-0.2, 0) is 10.0 Å². The van der Waals surface area contributed by atoms with Gasteiger partial charge in [-0.15, -0.1) is 0 Å². The van der Waals surface area contributed by atoms with Crippen molar-refractivity contribution in [3.63, 3.8) is 0 Å². The number of rotatable bonds is 12. The quantitative estimate of drug-likeness (QED) is 0.396. The Bertz CT molecular complexity index is 485. The first-order valence-electron chi connectivity index (χ1n) is 8.91. The molecule has 0 atom stereocenters. The number of nitrogens with zero attached hydrogens (tertiary/aromatic N) is 1. The Hall–Kier alpha value is -0.720. The molecule has 3 nitrogen and oxygen atoms in total. The van der Waals surface area contributed by atoms with Gasteiger partial charge in [0, 0.05) is 12.2 Å². The molecule has 0 aliphatic heterocycles. The van der Waals surface area contributed by atoms with Crippen LogP contribution in [0.25, 0.3) is 0 Å². The number of halogens is 3. The molecule has 0 amide bonds. The second kappa shape index (κ2) is 11.0. The minimum atomic E-state index is -5.34. The Kier molecular flexibility index (Phi) is 10.7. The normalized spacial score (nSPS) is 13.8. The molecule has 24 heavy (non-hydrogen) atoms. The Morgan fingerprint density at radius 3 is 1.92 bits per heavy atom. The van der Waals surface area contributed by atoms with E-state index in [1.54, 1.807) is 13.8 Å². The van der Waals surface area contributed by atoms with Crippen molar-refractivity contribution in [3.05, 3.63) is 11.3 Å². The maximum Gasteiger partial charge on any atom is 0.516 e. The third kappa shape index (κ3) is 7.03. The highest BCUT2D eigenvalue weighted by atomic mass is 32.2. The summed E-state index contributed by atoms with van der Waals surface area (Å²) in [6.07, 6.45) is 6.74. The van der Waals surface area contributed by atoms with Gasteiger partial charge in [-0.2, -0.15) is 21.6 Å². The lowest BCUT2D eigenvalue weighted by atomic mass is 10.0. The van der Waals surface area contributed by atoms with Gasteiger partial charge in [0.25, 0.3) is 0 Å². The zero-order valence-electron chi connectivity index (χ0n) is 15.4. The zero-order valence-corrected chi connectivity index (χ0v) is 16.2. The van der Waals surface area contributed by atoms with Gasteiger partial charge in [0.2, 0.25) is 0 Å². The van der Waals surface area contributed by atoms with E-state index in [-0.39, 0.29) is 6.54 Å². The molecule has 0 aromatic carbocycles. The van der Waals surface area contributed by atoms with E-state index in [9.17, 15) is 21.6 Å². The zero-order chi connectivity index (χ0) is 18.8. The fourth-order valence-corrected chi connectivity index (χ4v) is 3.79. The average Bonchev–Trinajstić information content (AvgIpc) is 2.50. The second-order valence-corrected chi connectivity index (χ2v) is 8.02. The molecule has 0 N–H and O–H groups in total. The summed E-state index contributed by atoms with van der Waals surface area (Å²) in [7, 11) is -5.34. The van der Waals surface area contributed by atoms with Crippen molar-refractivity contribution in [1.82, 2.24) is 4.31 Å². The number of alkyl halides is 3. The first-order valence-corrected chi connectivity index (χ1v) is 10.3. The van der Waals surface area contributed by atoms with Crippen LogP contribution in [0.2, 0.25) is 0 Å². The lowest BCUT2D eigenvalue weighted by Crippen LogP contribution is -2.41. The molecule has 0 rings (SSSR count). The van der Waals surface area contributed by atoms with Crippen LogP contribution in [0.3, 0.4) is 0 Å². The molecule has 0 radical (unpaired) electrons. The highest BCUT2D eigenvalue weighted by Gasteiger charge is 2.50. The van der Waals surface area contributed by atoms with Crippen LogP contribution >= 0.6 is 0 Å². The summed E-state index contributed by atoms with van der Waals surface area (Å²) in [4.78, 5) is 0. The summed E-state index contributed by atoms with van der Waals surface area (Å²) in [6, 6.07) is 0. The van der Waals surface area contributed by atoms with Gasteiger partial charge in [0.1, 0.15) is 0 Å². The molecule has 0 unspecified atom stereocenters. The lowest BCUT2D eigenvalue weighted by Gasteiger charge is -2.29. The molecule has 0 bridgehead atoms. The number of hydrogen-bond donors (Lipinski definition) is 0. The molecule has 7 heteroatoms. The van der Waals surface area contributed by atoms with Crippen molar-refractivity contribution < 1.29 is 21.6 Å². The standard InChI is InChI=1S/C17H32F3NO2S/c1-5-8-10-11-13-16(15(4)12-9-6-2)21(14-7-3)24(22,23)17(18,19)20/h5-14H2,1-4H3/b16-15+. The summed E-state index contributed by atoms with van der Waals surface area (Å²) in [5.74, 6) is 0. The van der Waals surface area contributed by atoms with Crippen LogP contribution in [0.15, 0.2) is 11.3 Å². The molecule has 0 aromatic heterocycles. The highest BCUT2D eigenvalue weighted by Crippen LogP contribution is 2.33. The number of hydrogen-bond acceptors (Lipinski definition) is 2. The smallest absolute Gasteiger partial charge is 0.267 e. The molecule has 0 aliphatic carbocycles. The fourth-order valence-electron chi connectivity index (χ4n) is 2.58. The molecule has 0 aliphatic rings. The predicted octanol–water partition coefficient (Wildman–Crippen LogP) is 5.98. The van der Waals surface area contributed by atoms with Gasteiger partial charge in [-0.1, -0.05) is 52.0 Å². The first-order chi connectivity index (χ1) is 11.1. The van der Waals surface area contributed by atoms with Crippen LogP contribution in [0.5, 0.6) is 0 Å². The molecule has 144 valence electrons. The van der Waals surface area contributed by atoms with Crippen molar-refractivity contribution in [2.45, 2.75) is 91.0 Å². The molecule has 0 saturated heterocycles. The maximum atomic E-state index is 13.1. The van der Waals surface area contributed by atoms with Gasteiger partial charge in [-0.3, -0.25) is 4.31 Å². The van der Waals surface area contributed by atoms with Gasteiger partial charge < -0.3 is 0 Å². The molecule has 0 fully saturated rings. The fraction of sp³-hybridized carbons (Fsp3) is 0.882. The van der Waals surface area contributed by atoms with E-state index in [1.165, 1.54) is 0 Å². The minimum Gasteiger partial charge on any atom is -0.267 e.